The molecule has 138 valence electrons. The van der Waals surface area contributed by atoms with Crippen molar-refractivity contribution in [2.45, 2.75) is 31.8 Å². The molecule has 3 heterocycles. The third-order valence-electron chi connectivity index (χ3n) is 5.30. The third kappa shape index (κ3) is 2.21. The standard InChI is InChI=1S/C18H21FN4O3/c1-9-7-26-17-14-11(16(25)10(6-24)5-23(9)14)13(20)12(19)15(17)22-4-3-18(2,21)8-22/h5-6,9H,3-4,7-8,20-21H2,1-2H3. The predicted octanol–water partition coefficient (Wildman–Crippen LogP) is 1.42. The van der Waals surface area contributed by atoms with Crippen molar-refractivity contribution in [2.75, 3.05) is 30.3 Å². The first-order valence-electron chi connectivity index (χ1n) is 8.57. The second-order valence-electron chi connectivity index (χ2n) is 7.55. The average molecular weight is 360 g/mol. The van der Waals surface area contributed by atoms with Crippen LogP contribution >= 0.6 is 0 Å². The maximum absolute atomic E-state index is 15.2. The van der Waals surface area contributed by atoms with E-state index in [9.17, 15) is 9.59 Å². The molecule has 0 saturated carbocycles. The summed E-state index contributed by atoms with van der Waals surface area (Å²) in [7, 11) is 0. The number of hydrogen-bond donors (Lipinski definition) is 2. The van der Waals surface area contributed by atoms with Gasteiger partial charge in [0.05, 0.1) is 28.2 Å². The van der Waals surface area contributed by atoms with Crippen molar-refractivity contribution >= 4 is 28.6 Å². The highest BCUT2D eigenvalue weighted by Crippen LogP contribution is 2.46. The van der Waals surface area contributed by atoms with Gasteiger partial charge in [-0.05, 0) is 20.3 Å². The van der Waals surface area contributed by atoms with Crippen molar-refractivity contribution in [3.05, 3.63) is 27.8 Å². The molecule has 0 radical (unpaired) electrons. The van der Waals surface area contributed by atoms with E-state index in [4.69, 9.17) is 16.2 Å². The normalized spacial score (nSPS) is 24.8. The molecule has 2 unspecified atom stereocenters. The van der Waals surface area contributed by atoms with E-state index >= 15 is 4.39 Å². The van der Waals surface area contributed by atoms with Gasteiger partial charge in [-0.2, -0.15) is 0 Å². The Kier molecular flexibility index (Phi) is 3.52. The Bertz CT molecular complexity index is 999. The number of halogens is 1. The van der Waals surface area contributed by atoms with Crippen LogP contribution in [0.5, 0.6) is 5.75 Å². The minimum atomic E-state index is -0.702. The van der Waals surface area contributed by atoms with Crippen LogP contribution in [0.15, 0.2) is 11.0 Å². The molecule has 2 aromatic rings. The first-order valence-corrected chi connectivity index (χ1v) is 8.57. The Morgan fingerprint density at radius 2 is 2.19 bits per heavy atom. The van der Waals surface area contributed by atoms with E-state index in [0.717, 1.165) is 0 Å². The summed E-state index contributed by atoms with van der Waals surface area (Å²) in [6.45, 7) is 5.13. The highest BCUT2D eigenvalue weighted by molar-refractivity contribution is 6.02. The molecule has 1 fully saturated rings. The highest BCUT2D eigenvalue weighted by atomic mass is 19.1. The van der Waals surface area contributed by atoms with Crippen molar-refractivity contribution in [1.82, 2.24) is 4.57 Å². The van der Waals surface area contributed by atoms with Gasteiger partial charge in [-0.25, -0.2) is 4.39 Å². The van der Waals surface area contributed by atoms with Crippen LogP contribution < -0.4 is 26.5 Å². The second-order valence-corrected chi connectivity index (χ2v) is 7.55. The molecule has 4 N–H and O–H groups in total. The van der Waals surface area contributed by atoms with Crippen molar-refractivity contribution in [1.29, 1.82) is 0 Å². The fourth-order valence-electron chi connectivity index (χ4n) is 3.89. The van der Waals surface area contributed by atoms with Gasteiger partial charge in [0.25, 0.3) is 0 Å². The smallest absolute Gasteiger partial charge is 0.202 e. The molecule has 1 aromatic heterocycles. The van der Waals surface area contributed by atoms with Gasteiger partial charge < -0.3 is 25.7 Å². The number of nitrogen functional groups attached to an aromatic ring is 1. The monoisotopic (exact) mass is 360 g/mol. The number of hydrogen-bond acceptors (Lipinski definition) is 6. The van der Waals surface area contributed by atoms with E-state index < -0.39 is 16.8 Å². The van der Waals surface area contributed by atoms with E-state index in [1.807, 2.05) is 18.7 Å². The van der Waals surface area contributed by atoms with Crippen LogP contribution in [0.25, 0.3) is 10.9 Å². The van der Waals surface area contributed by atoms with Crippen LogP contribution in [0.3, 0.4) is 0 Å². The molecule has 2 aliphatic rings. The van der Waals surface area contributed by atoms with E-state index in [1.54, 1.807) is 4.57 Å². The van der Waals surface area contributed by atoms with E-state index in [-0.39, 0.29) is 34.1 Å². The van der Waals surface area contributed by atoms with Gasteiger partial charge >= 0.3 is 0 Å². The summed E-state index contributed by atoms with van der Waals surface area (Å²) < 4.78 is 22.9. The zero-order chi connectivity index (χ0) is 18.8. The molecule has 1 aromatic carbocycles. The average Bonchev–Trinajstić information content (AvgIpc) is 2.95. The lowest BCUT2D eigenvalue weighted by molar-refractivity contribution is 0.112. The van der Waals surface area contributed by atoms with Crippen LogP contribution in [0.2, 0.25) is 0 Å². The minimum Gasteiger partial charge on any atom is -0.487 e. The van der Waals surface area contributed by atoms with Gasteiger partial charge in [-0.3, -0.25) is 9.59 Å². The summed E-state index contributed by atoms with van der Waals surface area (Å²) in [4.78, 5) is 25.7. The fraction of sp³-hybridized carbons (Fsp3) is 0.444. The van der Waals surface area contributed by atoms with Crippen molar-refractivity contribution < 1.29 is 13.9 Å². The number of aldehydes is 1. The summed E-state index contributed by atoms with van der Waals surface area (Å²) in [5, 5.41) is -0.00731. The lowest BCUT2D eigenvalue weighted by atomic mass is 10.0. The Morgan fingerprint density at radius 1 is 1.46 bits per heavy atom. The van der Waals surface area contributed by atoms with Crippen LogP contribution in [0.1, 0.15) is 36.7 Å². The second kappa shape index (κ2) is 5.44. The summed E-state index contributed by atoms with van der Waals surface area (Å²) in [5.41, 5.74) is 11.6. The topological polar surface area (TPSA) is 104 Å². The third-order valence-corrected chi connectivity index (χ3v) is 5.30. The minimum absolute atomic E-state index is 0.00731. The van der Waals surface area contributed by atoms with Gasteiger partial charge in [0.1, 0.15) is 12.3 Å². The number of anilines is 2. The molecule has 4 rings (SSSR count). The molecular formula is C18H21FN4O3. The lowest BCUT2D eigenvalue weighted by Crippen LogP contribution is -2.39. The summed E-state index contributed by atoms with van der Waals surface area (Å²) in [6.07, 6.45) is 2.67. The number of pyridine rings is 1. The molecular weight excluding hydrogens is 339 g/mol. The molecule has 0 aliphatic carbocycles. The number of aromatic nitrogens is 1. The zero-order valence-corrected chi connectivity index (χ0v) is 14.7. The molecule has 26 heavy (non-hydrogen) atoms. The fourth-order valence-corrected chi connectivity index (χ4v) is 3.89. The maximum Gasteiger partial charge on any atom is 0.202 e. The summed E-state index contributed by atoms with van der Waals surface area (Å²) in [6, 6.07) is -0.125. The number of carbonyl (C=O) groups is 1. The van der Waals surface area contributed by atoms with Crippen LogP contribution in [0.4, 0.5) is 15.8 Å². The first kappa shape index (κ1) is 16.8. The summed E-state index contributed by atoms with van der Waals surface area (Å²) >= 11 is 0. The predicted molar refractivity (Wildman–Crippen MR) is 97.6 cm³/mol. The zero-order valence-electron chi connectivity index (χ0n) is 14.7. The van der Waals surface area contributed by atoms with E-state index in [2.05, 4.69) is 0 Å². The Hall–Kier alpha value is -2.61. The number of ether oxygens (including phenoxy) is 1. The molecule has 2 atom stereocenters. The maximum atomic E-state index is 15.2. The SMILES string of the molecule is CC1COc2c(N3CCC(C)(N)C3)c(F)c(N)c3c(=O)c(C=O)cn1c23. The largest absolute Gasteiger partial charge is 0.487 e. The molecule has 7 nitrogen and oxygen atoms in total. The number of carbonyl (C=O) groups excluding carboxylic acids is 1. The molecule has 8 heteroatoms. The molecule has 0 bridgehead atoms. The number of benzene rings is 1. The Labute approximate surface area is 149 Å². The van der Waals surface area contributed by atoms with Gasteiger partial charge in [-0.15, -0.1) is 0 Å². The van der Waals surface area contributed by atoms with Crippen molar-refractivity contribution in [2.24, 2.45) is 5.73 Å². The van der Waals surface area contributed by atoms with Crippen molar-refractivity contribution in [3.63, 3.8) is 0 Å². The van der Waals surface area contributed by atoms with Crippen molar-refractivity contribution in [3.8, 4) is 5.75 Å². The molecule has 0 amide bonds. The van der Waals surface area contributed by atoms with Crippen LogP contribution in [-0.2, 0) is 0 Å². The Morgan fingerprint density at radius 3 is 2.81 bits per heavy atom. The molecule has 1 saturated heterocycles. The van der Waals surface area contributed by atoms with Gasteiger partial charge in [0.15, 0.2) is 17.9 Å². The Balaban J connectivity index is 2.10. The van der Waals surface area contributed by atoms with E-state index in [1.165, 1.54) is 6.20 Å². The van der Waals surface area contributed by atoms with Gasteiger partial charge in [-0.1, -0.05) is 0 Å². The lowest BCUT2D eigenvalue weighted by Gasteiger charge is -2.32. The molecule has 2 aliphatic heterocycles. The van der Waals surface area contributed by atoms with Gasteiger partial charge in [0.2, 0.25) is 5.43 Å². The number of nitrogens with zero attached hydrogens (tertiary/aromatic N) is 2. The first-order chi connectivity index (χ1) is 12.2. The van der Waals surface area contributed by atoms with Gasteiger partial charge in [0, 0.05) is 24.8 Å². The number of nitrogens with two attached hydrogens (primary N) is 2. The summed E-state index contributed by atoms with van der Waals surface area (Å²) in [5.74, 6) is -0.413. The van der Waals surface area contributed by atoms with E-state index in [0.29, 0.717) is 37.9 Å². The quantitative estimate of drug-likeness (QED) is 0.620. The number of rotatable bonds is 2. The molecule has 0 spiro atoms. The van der Waals surface area contributed by atoms with Crippen LogP contribution in [-0.4, -0.2) is 36.1 Å². The van der Waals surface area contributed by atoms with Crippen LogP contribution in [0, 0.1) is 5.82 Å². The highest BCUT2D eigenvalue weighted by Gasteiger charge is 2.37.